The smallest absolute Gasteiger partial charge is 0.262 e. The Morgan fingerprint density at radius 3 is 2.33 bits per heavy atom. The highest BCUT2D eigenvalue weighted by atomic mass is 32.2. The minimum absolute atomic E-state index is 0.147. The third-order valence-corrected chi connectivity index (χ3v) is 6.68. The first-order valence-corrected chi connectivity index (χ1v) is 9.49. The molecule has 0 bridgehead atoms. The molecule has 0 aliphatic carbocycles. The topological polar surface area (TPSA) is 66.5 Å². The molecule has 0 saturated carbocycles. The number of rotatable bonds is 2. The predicted molar refractivity (Wildman–Crippen MR) is 93.3 cm³/mol. The fraction of sp³-hybridized carbons (Fsp3) is 0.235. The molecule has 1 N–H and O–H groups in total. The number of benzene rings is 1. The molecule has 7 heteroatoms. The van der Waals surface area contributed by atoms with E-state index in [0.717, 1.165) is 4.90 Å². The van der Waals surface area contributed by atoms with Crippen molar-refractivity contribution in [1.82, 2.24) is 10.2 Å². The Kier molecular flexibility index (Phi) is 3.90. The molecular weight excluding hydrogens is 344 g/mol. The minimum atomic E-state index is -0.771. The zero-order chi connectivity index (χ0) is 16.7. The number of carbonyl (C=O) groups is 3. The number of hydrogen-bond donors (Lipinski definition) is 1. The van der Waals surface area contributed by atoms with Crippen molar-refractivity contribution < 1.29 is 14.4 Å². The summed E-state index contributed by atoms with van der Waals surface area (Å²) in [6, 6.07) is 9.96. The molecule has 4 rings (SSSR count). The van der Waals surface area contributed by atoms with E-state index in [4.69, 9.17) is 0 Å². The molecule has 122 valence electrons. The van der Waals surface area contributed by atoms with E-state index in [0.29, 0.717) is 23.4 Å². The number of hydrogen-bond acceptors (Lipinski definition) is 5. The summed E-state index contributed by atoms with van der Waals surface area (Å²) in [5.41, 5.74) is 0.749. The second-order valence-corrected chi connectivity index (χ2v) is 7.84. The van der Waals surface area contributed by atoms with Gasteiger partial charge in [0.15, 0.2) is 0 Å². The van der Waals surface area contributed by atoms with Crippen LogP contribution in [0.5, 0.6) is 0 Å². The van der Waals surface area contributed by atoms with Gasteiger partial charge in [-0.05, 0) is 23.6 Å². The zero-order valence-electron chi connectivity index (χ0n) is 12.6. The normalized spacial score (nSPS) is 23.8. The summed E-state index contributed by atoms with van der Waals surface area (Å²) in [5, 5.41) is 5.03. The van der Waals surface area contributed by atoms with Gasteiger partial charge in [-0.25, -0.2) is 0 Å². The molecule has 2 aliphatic rings. The highest BCUT2D eigenvalue weighted by Crippen LogP contribution is 2.35. The van der Waals surface area contributed by atoms with Crippen LogP contribution in [0.15, 0.2) is 41.8 Å². The van der Waals surface area contributed by atoms with Crippen LogP contribution < -0.4 is 5.32 Å². The molecule has 3 heterocycles. The van der Waals surface area contributed by atoms with Gasteiger partial charge >= 0.3 is 0 Å². The van der Waals surface area contributed by atoms with E-state index >= 15 is 0 Å². The van der Waals surface area contributed by atoms with Crippen LogP contribution in [0.25, 0.3) is 0 Å². The molecule has 2 aromatic rings. The van der Waals surface area contributed by atoms with Gasteiger partial charge < -0.3 is 5.32 Å². The molecule has 0 radical (unpaired) electrons. The van der Waals surface area contributed by atoms with E-state index in [-0.39, 0.29) is 23.0 Å². The molecular formula is C17H14N2O3S2. The van der Waals surface area contributed by atoms with Crippen molar-refractivity contribution in [3.63, 3.8) is 0 Å². The van der Waals surface area contributed by atoms with Crippen LogP contribution in [0.4, 0.5) is 0 Å². The fourth-order valence-electron chi connectivity index (χ4n) is 2.99. The van der Waals surface area contributed by atoms with E-state index in [1.54, 1.807) is 47.4 Å². The summed E-state index contributed by atoms with van der Waals surface area (Å²) >= 11 is 3.25. The van der Waals surface area contributed by atoms with E-state index in [1.807, 2.05) is 17.5 Å². The highest BCUT2D eigenvalue weighted by Gasteiger charge is 2.43. The Morgan fingerprint density at radius 2 is 1.71 bits per heavy atom. The molecule has 1 aromatic heterocycles. The summed E-state index contributed by atoms with van der Waals surface area (Å²) in [5.74, 6) is -0.632. The van der Waals surface area contributed by atoms with Crippen LogP contribution >= 0.6 is 23.1 Å². The van der Waals surface area contributed by atoms with Gasteiger partial charge in [0.05, 0.1) is 16.4 Å². The van der Waals surface area contributed by atoms with Crippen molar-refractivity contribution in [2.45, 2.75) is 11.3 Å². The number of thiophene rings is 1. The number of imide groups is 1. The van der Waals surface area contributed by atoms with Crippen LogP contribution in [0.2, 0.25) is 0 Å². The Hall–Kier alpha value is -2.12. The van der Waals surface area contributed by atoms with Crippen molar-refractivity contribution in [2.75, 3.05) is 12.3 Å². The number of thioether (sulfide) groups is 1. The lowest BCUT2D eigenvalue weighted by Crippen LogP contribution is -2.50. The van der Waals surface area contributed by atoms with Gasteiger partial charge in [-0.15, -0.1) is 23.1 Å². The lowest BCUT2D eigenvalue weighted by molar-refractivity contribution is -0.124. The maximum Gasteiger partial charge on any atom is 0.262 e. The van der Waals surface area contributed by atoms with E-state index < -0.39 is 6.04 Å². The van der Waals surface area contributed by atoms with Gasteiger partial charge in [0.25, 0.3) is 11.8 Å². The number of carbonyl (C=O) groups excluding carboxylic acids is 3. The Morgan fingerprint density at radius 1 is 1.00 bits per heavy atom. The van der Waals surface area contributed by atoms with Crippen molar-refractivity contribution in [2.24, 2.45) is 0 Å². The Balaban J connectivity index is 1.59. The van der Waals surface area contributed by atoms with Crippen LogP contribution in [0, 0.1) is 0 Å². The average molecular weight is 358 g/mol. The van der Waals surface area contributed by atoms with E-state index in [2.05, 4.69) is 5.32 Å². The number of fused-ring (bicyclic) bond motifs is 1. The van der Waals surface area contributed by atoms with Gasteiger partial charge in [-0.3, -0.25) is 19.3 Å². The molecule has 1 unspecified atom stereocenters. The van der Waals surface area contributed by atoms with Gasteiger partial charge in [0, 0.05) is 17.2 Å². The molecule has 24 heavy (non-hydrogen) atoms. The Bertz CT molecular complexity index is 784. The van der Waals surface area contributed by atoms with Crippen molar-refractivity contribution in [1.29, 1.82) is 0 Å². The summed E-state index contributed by atoms with van der Waals surface area (Å²) in [7, 11) is 0. The summed E-state index contributed by atoms with van der Waals surface area (Å²) in [6.45, 7) is 0.504. The summed E-state index contributed by atoms with van der Waals surface area (Å²) in [4.78, 5) is 40.0. The van der Waals surface area contributed by atoms with Gasteiger partial charge in [-0.2, -0.15) is 0 Å². The van der Waals surface area contributed by atoms with Crippen molar-refractivity contribution in [3.05, 3.63) is 57.8 Å². The van der Waals surface area contributed by atoms with Crippen molar-refractivity contribution in [3.8, 4) is 0 Å². The lowest BCUT2D eigenvalue weighted by atomic mass is 10.1. The molecule has 5 nitrogen and oxygen atoms in total. The van der Waals surface area contributed by atoms with Crippen LogP contribution in [0.3, 0.4) is 0 Å². The molecule has 1 saturated heterocycles. The molecule has 2 atom stereocenters. The van der Waals surface area contributed by atoms with Crippen molar-refractivity contribution >= 4 is 40.8 Å². The summed E-state index contributed by atoms with van der Waals surface area (Å²) in [6.07, 6.45) is 0. The maximum atomic E-state index is 12.6. The minimum Gasteiger partial charge on any atom is -0.353 e. The molecule has 3 amide bonds. The first kappa shape index (κ1) is 15.4. The quantitative estimate of drug-likeness (QED) is 0.837. The molecule has 0 spiro atoms. The van der Waals surface area contributed by atoms with Crippen LogP contribution in [-0.4, -0.2) is 41.0 Å². The number of nitrogens with one attached hydrogen (secondary N) is 1. The summed E-state index contributed by atoms with van der Waals surface area (Å²) < 4.78 is 0. The first-order chi connectivity index (χ1) is 11.7. The number of nitrogens with zero attached hydrogens (tertiary/aromatic N) is 1. The zero-order valence-corrected chi connectivity index (χ0v) is 14.2. The maximum absolute atomic E-state index is 12.6. The Labute approximate surface area is 147 Å². The molecule has 1 aromatic carbocycles. The van der Waals surface area contributed by atoms with Gasteiger partial charge in [0.2, 0.25) is 5.91 Å². The van der Waals surface area contributed by atoms with E-state index in [1.165, 1.54) is 4.88 Å². The number of amides is 3. The average Bonchev–Trinajstić information content (AvgIpc) is 3.16. The lowest BCUT2D eigenvalue weighted by Gasteiger charge is -2.22. The SMILES string of the molecule is O=C1NCC(c2cccs2)SC[C@@H]1N1C(=O)c2ccccc2C1=O. The highest BCUT2D eigenvalue weighted by molar-refractivity contribution is 7.99. The predicted octanol–water partition coefficient (Wildman–Crippen LogP) is 2.32. The second kappa shape index (κ2) is 6.07. The second-order valence-electron chi connectivity index (χ2n) is 5.62. The standard InChI is InChI=1S/C17H14N2O3S2/c20-15-12(9-24-14(8-18-15)13-6-3-7-23-13)19-16(21)10-4-1-2-5-11(10)17(19)22/h1-7,12,14H,8-9H2,(H,18,20)/t12-,14?/m0/s1. The largest absolute Gasteiger partial charge is 0.353 e. The fourth-order valence-corrected chi connectivity index (χ4v) is 5.23. The molecule has 2 aliphatic heterocycles. The van der Waals surface area contributed by atoms with Crippen LogP contribution in [0.1, 0.15) is 30.8 Å². The third-order valence-electron chi connectivity index (χ3n) is 4.22. The van der Waals surface area contributed by atoms with Gasteiger partial charge in [-0.1, -0.05) is 18.2 Å². The van der Waals surface area contributed by atoms with E-state index in [9.17, 15) is 14.4 Å². The van der Waals surface area contributed by atoms with Crippen LogP contribution in [-0.2, 0) is 4.79 Å². The first-order valence-electron chi connectivity index (χ1n) is 7.56. The van der Waals surface area contributed by atoms with Gasteiger partial charge in [0.1, 0.15) is 6.04 Å². The third kappa shape index (κ3) is 2.44. The monoisotopic (exact) mass is 358 g/mol. The molecule has 1 fully saturated rings.